The second kappa shape index (κ2) is 8.85. The molecule has 1 aromatic heterocycles. The van der Waals surface area contributed by atoms with Gasteiger partial charge in [0.05, 0.1) is 18.5 Å². The summed E-state index contributed by atoms with van der Waals surface area (Å²) >= 11 is 0. The third-order valence-corrected chi connectivity index (χ3v) is 4.05. The van der Waals surface area contributed by atoms with Crippen molar-refractivity contribution in [1.82, 2.24) is 14.7 Å². The fourth-order valence-corrected chi connectivity index (χ4v) is 2.65. The summed E-state index contributed by atoms with van der Waals surface area (Å²) in [5, 5.41) is 4.37. The predicted molar refractivity (Wildman–Crippen MR) is 101 cm³/mol. The number of carbonyl (C=O) groups is 1. The Morgan fingerprint density at radius 2 is 1.77 bits per heavy atom. The Morgan fingerprint density at radius 1 is 1.08 bits per heavy atom. The number of ether oxygens (including phenoxy) is 1. The van der Waals surface area contributed by atoms with Crippen molar-refractivity contribution in [2.24, 2.45) is 0 Å². The van der Waals surface area contributed by atoms with Crippen molar-refractivity contribution in [3.05, 3.63) is 78.6 Å². The molecule has 0 unspecified atom stereocenters. The summed E-state index contributed by atoms with van der Waals surface area (Å²) in [7, 11) is 1.82. The topological polar surface area (TPSA) is 47.4 Å². The molecule has 0 radical (unpaired) electrons. The van der Waals surface area contributed by atoms with Crippen LogP contribution in [0.3, 0.4) is 0 Å². The maximum absolute atomic E-state index is 12.3. The summed E-state index contributed by atoms with van der Waals surface area (Å²) < 4.78 is 7.44. The lowest BCUT2D eigenvalue weighted by Gasteiger charge is -2.16. The van der Waals surface area contributed by atoms with Gasteiger partial charge in [-0.25, -0.2) is 4.68 Å². The van der Waals surface area contributed by atoms with Crippen molar-refractivity contribution in [3.8, 4) is 11.4 Å². The first kappa shape index (κ1) is 17.7. The fourth-order valence-electron chi connectivity index (χ4n) is 2.65. The lowest BCUT2D eigenvalue weighted by molar-refractivity contribution is -0.130. The third kappa shape index (κ3) is 4.96. The summed E-state index contributed by atoms with van der Waals surface area (Å²) in [6, 6.07) is 19.6. The standard InChI is InChI=1S/C21H23N3O2/c1-23(21(25)13-8-14-26-20-11-6-3-7-12-20)16-18-15-22-24(17-18)19-9-4-2-5-10-19/h2-7,9-12,15,17H,8,13-14,16H2,1H3. The third-order valence-electron chi connectivity index (χ3n) is 4.05. The van der Waals surface area contributed by atoms with Gasteiger partial charge < -0.3 is 9.64 Å². The second-order valence-electron chi connectivity index (χ2n) is 6.14. The quantitative estimate of drug-likeness (QED) is 0.583. The molecule has 0 atom stereocenters. The first-order chi connectivity index (χ1) is 12.7. The molecule has 3 aromatic rings. The molecular formula is C21H23N3O2. The minimum absolute atomic E-state index is 0.106. The normalized spacial score (nSPS) is 10.5. The van der Waals surface area contributed by atoms with Gasteiger partial charge in [-0.2, -0.15) is 5.10 Å². The molecule has 0 fully saturated rings. The van der Waals surface area contributed by atoms with E-state index >= 15 is 0 Å². The largest absolute Gasteiger partial charge is 0.494 e. The molecule has 5 nitrogen and oxygen atoms in total. The Bertz CT molecular complexity index is 816. The SMILES string of the molecule is CN(Cc1cnn(-c2ccccc2)c1)C(=O)CCCOc1ccccc1. The Hall–Kier alpha value is -3.08. The van der Waals surface area contributed by atoms with Gasteiger partial charge in [0.25, 0.3) is 0 Å². The molecule has 0 saturated heterocycles. The molecule has 0 aliphatic heterocycles. The molecule has 0 spiro atoms. The summed E-state index contributed by atoms with van der Waals surface area (Å²) in [6.45, 7) is 1.08. The number of nitrogens with zero attached hydrogens (tertiary/aromatic N) is 3. The van der Waals surface area contributed by atoms with Crippen LogP contribution in [0.5, 0.6) is 5.75 Å². The monoisotopic (exact) mass is 349 g/mol. The van der Waals surface area contributed by atoms with E-state index in [2.05, 4.69) is 5.10 Å². The number of aromatic nitrogens is 2. The van der Waals surface area contributed by atoms with Gasteiger partial charge in [0.2, 0.25) is 5.91 Å². The van der Waals surface area contributed by atoms with Crippen LogP contribution in [0.15, 0.2) is 73.1 Å². The zero-order valence-corrected chi connectivity index (χ0v) is 14.9. The predicted octanol–water partition coefficient (Wildman–Crippen LogP) is 3.69. The molecule has 2 aromatic carbocycles. The lowest BCUT2D eigenvalue weighted by atomic mass is 10.2. The molecule has 0 bridgehead atoms. The van der Waals surface area contributed by atoms with E-state index in [4.69, 9.17) is 4.74 Å². The molecule has 0 saturated carbocycles. The van der Waals surface area contributed by atoms with Crippen molar-refractivity contribution < 1.29 is 9.53 Å². The molecule has 0 aliphatic rings. The van der Waals surface area contributed by atoms with E-state index in [9.17, 15) is 4.79 Å². The van der Waals surface area contributed by atoms with E-state index in [1.165, 1.54) is 0 Å². The summed E-state index contributed by atoms with van der Waals surface area (Å²) in [4.78, 5) is 14.0. The van der Waals surface area contributed by atoms with Crippen LogP contribution in [-0.4, -0.2) is 34.2 Å². The number of rotatable bonds is 8. The average molecular weight is 349 g/mol. The van der Waals surface area contributed by atoms with E-state index in [0.29, 0.717) is 26.0 Å². The number of hydrogen-bond donors (Lipinski definition) is 0. The lowest BCUT2D eigenvalue weighted by Crippen LogP contribution is -2.26. The van der Waals surface area contributed by atoms with E-state index in [1.54, 1.807) is 11.1 Å². The maximum Gasteiger partial charge on any atom is 0.222 e. The fraction of sp³-hybridized carbons (Fsp3) is 0.238. The van der Waals surface area contributed by atoms with Crippen LogP contribution >= 0.6 is 0 Å². The van der Waals surface area contributed by atoms with Crippen LogP contribution in [0.1, 0.15) is 18.4 Å². The zero-order chi connectivity index (χ0) is 18.2. The number of hydrogen-bond acceptors (Lipinski definition) is 3. The van der Waals surface area contributed by atoms with Crippen LogP contribution in [0.2, 0.25) is 0 Å². The van der Waals surface area contributed by atoms with Crippen LogP contribution in [0, 0.1) is 0 Å². The molecule has 1 heterocycles. The number of para-hydroxylation sites is 2. The highest BCUT2D eigenvalue weighted by Gasteiger charge is 2.10. The first-order valence-electron chi connectivity index (χ1n) is 8.73. The van der Waals surface area contributed by atoms with Crippen molar-refractivity contribution in [2.45, 2.75) is 19.4 Å². The number of amides is 1. The van der Waals surface area contributed by atoms with Crippen molar-refractivity contribution >= 4 is 5.91 Å². The first-order valence-corrected chi connectivity index (χ1v) is 8.73. The Kier molecular flexibility index (Phi) is 6.04. The summed E-state index contributed by atoms with van der Waals surface area (Å²) in [5.41, 5.74) is 2.01. The van der Waals surface area contributed by atoms with Crippen LogP contribution in [-0.2, 0) is 11.3 Å². The Morgan fingerprint density at radius 3 is 2.50 bits per heavy atom. The van der Waals surface area contributed by atoms with Crippen molar-refractivity contribution in [3.63, 3.8) is 0 Å². The molecule has 0 aliphatic carbocycles. The number of carbonyl (C=O) groups excluding carboxylic acids is 1. The highest BCUT2D eigenvalue weighted by Crippen LogP contribution is 2.11. The van der Waals surface area contributed by atoms with Gasteiger partial charge in [-0.15, -0.1) is 0 Å². The van der Waals surface area contributed by atoms with Gasteiger partial charge in [-0.3, -0.25) is 4.79 Å². The smallest absolute Gasteiger partial charge is 0.222 e. The number of benzene rings is 2. The van der Waals surface area contributed by atoms with Gasteiger partial charge >= 0.3 is 0 Å². The molecule has 3 rings (SSSR count). The highest BCUT2D eigenvalue weighted by molar-refractivity contribution is 5.75. The van der Waals surface area contributed by atoms with E-state index < -0.39 is 0 Å². The molecule has 26 heavy (non-hydrogen) atoms. The van der Waals surface area contributed by atoms with Gasteiger partial charge in [0.1, 0.15) is 5.75 Å². The molecule has 0 N–H and O–H groups in total. The highest BCUT2D eigenvalue weighted by atomic mass is 16.5. The van der Waals surface area contributed by atoms with E-state index in [0.717, 1.165) is 17.0 Å². The van der Waals surface area contributed by atoms with Gasteiger partial charge in [-0.1, -0.05) is 36.4 Å². The van der Waals surface area contributed by atoms with Gasteiger partial charge in [0, 0.05) is 31.8 Å². The Labute approximate surface area is 153 Å². The summed E-state index contributed by atoms with van der Waals surface area (Å²) in [5.74, 6) is 0.941. The molecule has 1 amide bonds. The average Bonchev–Trinajstić information content (AvgIpc) is 3.15. The van der Waals surface area contributed by atoms with Crippen LogP contribution in [0.4, 0.5) is 0 Å². The second-order valence-corrected chi connectivity index (χ2v) is 6.14. The Balaban J connectivity index is 1.43. The minimum atomic E-state index is 0.106. The van der Waals surface area contributed by atoms with Gasteiger partial charge in [0.15, 0.2) is 0 Å². The molecule has 5 heteroatoms. The maximum atomic E-state index is 12.3. The zero-order valence-electron chi connectivity index (χ0n) is 14.9. The van der Waals surface area contributed by atoms with Crippen molar-refractivity contribution in [1.29, 1.82) is 0 Å². The minimum Gasteiger partial charge on any atom is -0.494 e. The van der Waals surface area contributed by atoms with Crippen LogP contribution in [0.25, 0.3) is 5.69 Å². The van der Waals surface area contributed by atoms with E-state index in [-0.39, 0.29) is 5.91 Å². The van der Waals surface area contributed by atoms with E-state index in [1.807, 2.05) is 78.6 Å². The summed E-state index contributed by atoms with van der Waals surface area (Å²) in [6.07, 6.45) is 4.92. The molecule has 134 valence electrons. The molecular weight excluding hydrogens is 326 g/mol. The van der Waals surface area contributed by atoms with Crippen LogP contribution < -0.4 is 4.74 Å². The van der Waals surface area contributed by atoms with Crippen molar-refractivity contribution in [2.75, 3.05) is 13.7 Å². The van der Waals surface area contributed by atoms with Gasteiger partial charge in [-0.05, 0) is 30.7 Å².